The second kappa shape index (κ2) is 6.13. The molecule has 19 heavy (non-hydrogen) atoms. The second-order valence-electron chi connectivity index (χ2n) is 7.42. The molecule has 1 saturated heterocycles. The van der Waals surface area contributed by atoms with Crippen molar-refractivity contribution >= 4 is 0 Å². The summed E-state index contributed by atoms with van der Waals surface area (Å²) in [6.07, 6.45) is 5.46. The van der Waals surface area contributed by atoms with E-state index >= 15 is 0 Å². The van der Waals surface area contributed by atoms with Crippen molar-refractivity contribution in [1.29, 1.82) is 0 Å². The van der Waals surface area contributed by atoms with Crippen molar-refractivity contribution in [3.8, 4) is 0 Å². The molecule has 0 aromatic heterocycles. The summed E-state index contributed by atoms with van der Waals surface area (Å²) in [4.78, 5) is 2.82. The molecule has 0 aromatic rings. The third-order valence-electron chi connectivity index (χ3n) is 5.73. The molecule has 0 amide bonds. The summed E-state index contributed by atoms with van der Waals surface area (Å²) in [6, 6.07) is 0.729. The molecule has 0 bridgehead atoms. The Morgan fingerprint density at radius 1 is 1.16 bits per heavy atom. The van der Waals surface area contributed by atoms with E-state index in [0.717, 1.165) is 23.8 Å². The fourth-order valence-corrected chi connectivity index (χ4v) is 3.78. The van der Waals surface area contributed by atoms with Gasteiger partial charge in [-0.25, -0.2) is 0 Å². The van der Waals surface area contributed by atoms with E-state index in [0.29, 0.717) is 5.54 Å². The minimum absolute atomic E-state index is 0.370. The van der Waals surface area contributed by atoms with Gasteiger partial charge in [-0.2, -0.15) is 0 Å². The number of nitrogens with one attached hydrogen (secondary N) is 1. The van der Waals surface area contributed by atoms with Crippen molar-refractivity contribution in [2.24, 2.45) is 17.8 Å². The summed E-state index contributed by atoms with van der Waals surface area (Å²) < 4.78 is 0. The van der Waals surface area contributed by atoms with Crippen LogP contribution in [0.2, 0.25) is 0 Å². The van der Waals surface area contributed by atoms with E-state index in [1.54, 1.807) is 0 Å². The maximum Gasteiger partial charge on any atom is 0.0304 e. The zero-order valence-electron chi connectivity index (χ0n) is 13.7. The van der Waals surface area contributed by atoms with Gasteiger partial charge in [0, 0.05) is 31.2 Å². The first kappa shape index (κ1) is 15.3. The lowest BCUT2D eigenvalue weighted by Gasteiger charge is -2.49. The van der Waals surface area contributed by atoms with Crippen LogP contribution in [0.5, 0.6) is 0 Å². The van der Waals surface area contributed by atoms with E-state index in [-0.39, 0.29) is 0 Å². The molecule has 2 nitrogen and oxygen atoms in total. The lowest BCUT2D eigenvalue weighted by atomic mass is 9.85. The zero-order valence-corrected chi connectivity index (χ0v) is 13.7. The van der Waals surface area contributed by atoms with Crippen molar-refractivity contribution in [3.05, 3.63) is 0 Å². The van der Waals surface area contributed by atoms with Crippen LogP contribution in [-0.2, 0) is 0 Å². The first-order valence-corrected chi connectivity index (χ1v) is 8.50. The van der Waals surface area contributed by atoms with Crippen molar-refractivity contribution in [1.82, 2.24) is 10.2 Å². The molecule has 1 aliphatic carbocycles. The monoisotopic (exact) mass is 266 g/mol. The largest absolute Gasteiger partial charge is 0.308 e. The highest BCUT2D eigenvalue weighted by Gasteiger charge is 2.39. The molecule has 2 rings (SSSR count). The molecule has 0 aromatic carbocycles. The summed E-state index contributed by atoms with van der Waals surface area (Å²) in [5.74, 6) is 2.68. The van der Waals surface area contributed by atoms with Gasteiger partial charge in [0.1, 0.15) is 0 Å². The molecule has 2 unspecified atom stereocenters. The average Bonchev–Trinajstić information content (AvgIpc) is 3.22. The molecule has 0 spiro atoms. The molecule has 2 aliphatic rings. The van der Waals surface area contributed by atoms with Crippen LogP contribution in [0, 0.1) is 17.8 Å². The lowest BCUT2D eigenvalue weighted by molar-refractivity contribution is 0.0377. The molecule has 1 heterocycles. The molecule has 0 radical (unpaired) electrons. The predicted molar refractivity (Wildman–Crippen MR) is 83.4 cm³/mol. The Kier molecular flexibility index (Phi) is 4.94. The maximum atomic E-state index is 3.87. The lowest BCUT2D eigenvalue weighted by Crippen LogP contribution is -2.65. The van der Waals surface area contributed by atoms with Gasteiger partial charge in [-0.1, -0.05) is 34.6 Å². The van der Waals surface area contributed by atoms with Gasteiger partial charge in [0.15, 0.2) is 0 Å². The normalized spacial score (nSPS) is 29.7. The van der Waals surface area contributed by atoms with E-state index < -0.39 is 0 Å². The minimum Gasteiger partial charge on any atom is -0.308 e. The second-order valence-corrected chi connectivity index (χ2v) is 7.42. The number of piperazine rings is 1. The maximum absolute atomic E-state index is 3.87. The van der Waals surface area contributed by atoms with Crippen molar-refractivity contribution in [3.63, 3.8) is 0 Å². The van der Waals surface area contributed by atoms with Crippen molar-refractivity contribution in [2.75, 3.05) is 19.6 Å². The Labute approximate surface area is 120 Å². The highest BCUT2D eigenvalue weighted by molar-refractivity contribution is 4.98. The quantitative estimate of drug-likeness (QED) is 0.791. The number of hydrogen-bond donors (Lipinski definition) is 1. The van der Waals surface area contributed by atoms with Crippen LogP contribution in [0.15, 0.2) is 0 Å². The van der Waals surface area contributed by atoms with Gasteiger partial charge in [-0.05, 0) is 43.4 Å². The minimum atomic E-state index is 0.370. The molecule has 1 aliphatic heterocycles. The molecule has 2 fully saturated rings. The van der Waals surface area contributed by atoms with Crippen LogP contribution in [-0.4, -0.2) is 36.1 Å². The SMILES string of the molecule is CCC1(CC)CN(CC(C)C2CC2)C(C(C)C)CN1. The van der Waals surface area contributed by atoms with Crippen LogP contribution in [0.3, 0.4) is 0 Å². The van der Waals surface area contributed by atoms with Crippen LogP contribution in [0.1, 0.15) is 60.3 Å². The van der Waals surface area contributed by atoms with Crippen LogP contribution in [0.25, 0.3) is 0 Å². The Bertz CT molecular complexity index is 279. The van der Waals surface area contributed by atoms with Gasteiger partial charge >= 0.3 is 0 Å². The summed E-state index contributed by atoms with van der Waals surface area (Å²) in [5.41, 5.74) is 0.370. The predicted octanol–water partition coefficient (Wildman–Crippen LogP) is 3.52. The molecule has 1 saturated carbocycles. The van der Waals surface area contributed by atoms with Crippen LogP contribution < -0.4 is 5.32 Å². The molecular formula is C17H34N2. The highest BCUT2D eigenvalue weighted by atomic mass is 15.3. The topological polar surface area (TPSA) is 15.3 Å². The van der Waals surface area contributed by atoms with E-state index in [9.17, 15) is 0 Å². The molecule has 112 valence electrons. The van der Waals surface area contributed by atoms with Gasteiger partial charge in [0.05, 0.1) is 0 Å². The van der Waals surface area contributed by atoms with E-state index in [2.05, 4.69) is 44.8 Å². The van der Waals surface area contributed by atoms with Gasteiger partial charge in [-0.3, -0.25) is 4.90 Å². The van der Waals surface area contributed by atoms with Crippen LogP contribution >= 0.6 is 0 Å². The van der Waals surface area contributed by atoms with Gasteiger partial charge in [-0.15, -0.1) is 0 Å². The average molecular weight is 266 g/mol. The summed E-state index contributed by atoms with van der Waals surface area (Å²) >= 11 is 0. The first-order chi connectivity index (χ1) is 9.01. The van der Waals surface area contributed by atoms with E-state index in [1.165, 1.54) is 45.3 Å². The molecular weight excluding hydrogens is 232 g/mol. The number of rotatable bonds is 6. The van der Waals surface area contributed by atoms with Crippen molar-refractivity contribution < 1.29 is 0 Å². The van der Waals surface area contributed by atoms with E-state index in [4.69, 9.17) is 0 Å². The fourth-order valence-electron chi connectivity index (χ4n) is 3.78. The number of hydrogen-bond acceptors (Lipinski definition) is 2. The first-order valence-electron chi connectivity index (χ1n) is 8.50. The zero-order chi connectivity index (χ0) is 14.0. The summed E-state index contributed by atoms with van der Waals surface area (Å²) in [6.45, 7) is 15.7. The Morgan fingerprint density at radius 2 is 1.79 bits per heavy atom. The van der Waals surface area contributed by atoms with Gasteiger partial charge < -0.3 is 5.32 Å². The molecule has 2 heteroatoms. The molecule has 1 N–H and O–H groups in total. The summed E-state index contributed by atoms with van der Waals surface area (Å²) in [5, 5.41) is 3.87. The third-order valence-corrected chi connectivity index (χ3v) is 5.73. The van der Waals surface area contributed by atoms with Crippen LogP contribution in [0.4, 0.5) is 0 Å². The van der Waals surface area contributed by atoms with Gasteiger partial charge in [0.25, 0.3) is 0 Å². The fraction of sp³-hybridized carbons (Fsp3) is 1.00. The Morgan fingerprint density at radius 3 is 2.26 bits per heavy atom. The van der Waals surface area contributed by atoms with Crippen molar-refractivity contribution in [2.45, 2.75) is 71.9 Å². The highest BCUT2D eigenvalue weighted by Crippen LogP contribution is 2.38. The van der Waals surface area contributed by atoms with E-state index in [1.807, 2.05) is 0 Å². The van der Waals surface area contributed by atoms with Gasteiger partial charge in [0.2, 0.25) is 0 Å². The standard InChI is InChI=1S/C17H34N2/c1-6-17(7-2)12-19(11-14(5)15-8-9-15)16(10-18-17)13(3)4/h13-16,18H,6-12H2,1-5H3. The number of nitrogens with zero attached hydrogens (tertiary/aromatic N) is 1. The smallest absolute Gasteiger partial charge is 0.0304 e. The molecule has 2 atom stereocenters. The Balaban J connectivity index is 2.03. The third kappa shape index (κ3) is 3.52. The summed E-state index contributed by atoms with van der Waals surface area (Å²) in [7, 11) is 0. The Hall–Kier alpha value is -0.0800.